The first-order valence-corrected chi connectivity index (χ1v) is 9.10. The molecular formula is C18H33N3. The summed E-state index contributed by atoms with van der Waals surface area (Å²) in [6.07, 6.45) is 12.8. The van der Waals surface area contributed by atoms with Crippen molar-refractivity contribution in [3.63, 3.8) is 0 Å². The fourth-order valence-corrected chi connectivity index (χ4v) is 3.63. The highest BCUT2D eigenvalue weighted by Gasteiger charge is 2.32. The zero-order valence-corrected chi connectivity index (χ0v) is 14.0. The van der Waals surface area contributed by atoms with Gasteiger partial charge in [0.25, 0.3) is 0 Å². The summed E-state index contributed by atoms with van der Waals surface area (Å²) in [6, 6.07) is 3.91. The van der Waals surface area contributed by atoms with Crippen LogP contribution in [-0.4, -0.2) is 35.6 Å². The molecule has 3 heteroatoms. The SMILES string of the molecule is CCC1CCCCCN1CCCCC(C)(C#N)NC1CC1. The van der Waals surface area contributed by atoms with Crippen molar-refractivity contribution in [1.82, 2.24) is 10.2 Å². The average Bonchev–Trinajstić information content (AvgIpc) is 3.30. The third-order valence-electron chi connectivity index (χ3n) is 5.19. The van der Waals surface area contributed by atoms with Crippen LogP contribution in [0.4, 0.5) is 0 Å². The van der Waals surface area contributed by atoms with Crippen molar-refractivity contribution in [1.29, 1.82) is 5.26 Å². The smallest absolute Gasteiger partial charge is 0.104 e. The van der Waals surface area contributed by atoms with Gasteiger partial charge in [0, 0.05) is 12.1 Å². The Morgan fingerprint density at radius 3 is 2.67 bits per heavy atom. The van der Waals surface area contributed by atoms with Crippen molar-refractivity contribution in [3.05, 3.63) is 0 Å². The average molecular weight is 291 g/mol. The van der Waals surface area contributed by atoms with Crippen molar-refractivity contribution in [2.24, 2.45) is 0 Å². The van der Waals surface area contributed by atoms with Gasteiger partial charge in [0.15, 0.2) is 0 Å². The molecule has 2 fully saturated rings. The summed E-state index contributed by atoms with van der Waals surface area (Å²) in [6.45, 7) is 6.92. The third-order valence-corrected chi connectivity index (χ3v) is 5.19. The molecule has 1 aliphatic heterocycles. The fraction of sp³-hybridized carbons (Fsp3) is 0.944. The van der Waals surface area contributed by atoms with Crippen LogP contribution in [-0.2, 0) is 0 Å². The predicted octanol–water partition coefficient (Wildman–Crippen LogP) is 3.85. The van der Waals surface area contributed by atoms with Gasteiger partial charge >= 0.3 is 0 Å². The monoisotopic (exact) mass is 291 g/mol. The zero-order chi connectivity index (χ0) is 15.1. The second-order valence-corrected chi connectivity index (χ2v) is 7.27. The van der Waals surface area contributed by atoms with Crippen molar-refractivity contribution in [3.8, 4) is 6.07 Å². The summed E-state index contributed by atoms with van der Waals surface area (Å²) >= 11 is 0. The Kier molecular flexibility index (Phi) is 6.51. The Bertz CT molecular complexity index is 345. The molecule has 1 saturated heterocycles. The van der Waals surface area contributed by atoms with Crippen molar-refractivity contribution in [2.45, 2.75) is 95.7 Å². The molecule has 2 rings (SSSR count). The highest BCUT2D eigenvalue weighted by atomic mass is 15.1. The Morgan fingerprint density at radius 1 is 1.19 bits per heavy atom. The van der Waals surface area contributed by atoms with Crippen LogP contribution in [0.25, 0.3) is 0 Å². The fourth-order valence-electron chi connectivity index (χ4n) is 3.63. The molecule has 1 heterocycles. The molecule has 21 heavy (non-hydrogen) atoms. The van der Waals surface area contributed by atoms with Gasteiger partial charge < -0.3 is 4.90 Å². The maximum Gasteiger partial charge on any atom is 0.104 e. The molecular weight excluding hydrogens is 258 g/mol. The Balaban J connectivity index is 1.68. The number of hydrogen-bond acceptors (Lipinski definition) is 3. The van der Waals surface area contributed by atoms with E-state index in [2.05, 4.69) is 30.1 Å². The molecule has 1 N–H and O–H groups in total. The molecule has 0 bridgehead atoms. The lowest BCUT2D eigenvalue weighted by molar-refractivity contribution is 0.189. The predicted molar refractivity (Wildman–Crippen MR) is 88.1 cm³/mol. The summed E-state index contributed by atoms with van der Waals surface area (Å²) in [5.74, 6) is 0. The molecule has 0 aromatic carbocycles. The summed E-state index contributed by atoms with van der Waals surface area (Å²) in [5, 5.41) is 12.9. The van der Waals surface area contributed by atoms with Gasteiger partial charge in [-0.2, -0.15) is 5.26 Å². The van der Waals surface area contributed by atoms with E-state index in [1.165, 1.54) is 64.5 Å². The lowest BCUT2D eigenvalue weighted by Gasteiger charge is -2.29. The normalized spacial score (nSPS) is 26.8. The summed E-state index contributed by atoms with van der Waals surface area (Å²) in [7, 11) is 0. The molecule has 2 aliphatic rings. The van der Waals surface area contributed by atoms with Gasteiger partial charge in [-0.15, -0.1) is 0 Å². The van der Waals surface area contributed by atoms with E-state index in [0.29, 0.717) is 6.04 Å². The maximum absolute atomic E-state index is 9.40. The first-order chi connectivity index (χ1) is 10.2. The van der Waals surface area contributed by atoms with E-state index >= 15 is 0 Å². The van der Waals surface area contributed by atoms with E-state index in [9.17, 15) is 5.26 Å². The van der Waals surface area contributed by atoms with E-state index in [1.54, 1.807) is 0 Å². The molecule has 120 valence electrons. The minimum absolute atomic E-state index is 0.301. The lowest BCUT2D eigenvalue weighted by Crippen LogP contribution is -2.42. The van der Waals surface area contributed by atoms with Crippen LogP contribution in [0.2, 0.25) is 0 Å². The summed E-state index contributed by atoms with van der Waals surface area (Å²) in [4.78, 5) is 2.71. The molecule has 1 aliphatic carbocycles. The van der Waals surface area contributed by atoms with E-state index in [-0.39, 0.29) is 5.54 Å². The first kappa shape index (κ1) is 16.8. The quantitative estimate of drug-likeness (QED) is 0.690. The molecule has 0 amide bonds. The number of hydrogen-bond donors (Lipinski definition) is 1. The Labute approximate surface area is 131 Å². The zero-order valence-electron chi connectivity index (χ0n) is 14.0. The van der Waals surface area contributed by atoms with Gasteiger partial charge in [-0.05, 0) is 71.4 Å². The van der Waals surface area contributed by atoms with Crippen LogP contribution in [0.15, 0.2) is 0 Å². The Hall–Kier alpha value is -0.590. The van der Waals surface area contributed by atoms with Crippen molar-refractivity contribution < 1.29 is 0 Å². The van der Waals surface area contributed by atoms with Gasteiger partial charge in [0.05, 0.1) is 6.07 Å². The number of unbranched alkanes of at least 4 members (excludes halogenated alkanes) is 1. The second kappa shape index (κ2) is 8.15. The molecule has 0 aromatic rings. The van der Waals surface area contributed by atoms with Gasteiger partial charge in [-0.25, -0.2) is 0 Å². The van der Waals surface area contributed by atoms with Gasteiger partial charge in [0.2, 0.25) is 0 Å². The van der Waals surface area contributed by atoms with Crippen LogP contribution in [0.3, 0.4) is 0 Å². The van der Waals surface area contributed by atoms with Crippen molar-refractivity contribution in [2.75, 3.05) is 13.1 Å². The lowest BCUT2D eigenvalue weighted by atomic mass is 9.96. The minimum Gasteiger partial charge on any atom is -0.300 e. The molecule has 3 nitrogen and oxygen atoms in total. The standard InChI is InChI=1S/C18H33N3/c1-3-17-9-5-4-7-13-21(17)14-8-6-12-18(2,15-19)20-16-10-11-16/h16-17,20H,3-14H2,1-2H3. The molecule has 0 aromatic heterocycles. The topological polar surface area (TPSA) is 39.1 Å². The summed E-state index contributed by atoms with van der Waals surface area (Å²) in [5.41, 5.74) is -0.301. The van der Waals surface area contributed by atoms with Crippen LogP contribution >= 0.6 is 0 Å². The van der Waals surface area contributed by atoms with E-state index < -0.39 is 0 Å². The molecule has 1 saturated carbocycles. The number of likely N-dealkylation sites (tertiary alicyclic amines) is 1. The van der Waals surface area contributed by atoms with E-state index in [1.807, 2.05) is 0 Å². The molecule has 2 unspecified atom stereocenters. The van der Waals surface area contributed by atoms with Gasteiger partial charge in [0.1, 0.15) is 5.54 Å². The maximum atomic E-state index is 9.40. The van der Waals surface area contributed by atoms with E-state index in [4.69, 9.17) is 0 Å². The highest BCUT2D eigenvalue weighted by molar-refractivity contribution is 5.06. The van der Waals surface area contributed by atoms with E-state index in [0.717, 1.165) is 18.9 Å². The Morgan fingerprint density at radius 2 is 2.00 bits per heavy atom. The number of nitrogens with zero attached hydrogens (tertiary/aromatic N) is 2. The van der Waals surface area contributed by atoms with Gasteiger partial charge in [-0.3, -0.25) is 5.32 Å². The van der Waals surface area contributed by atoms with Crippen LogP contribution in [0.1, 0.15) is 78.1 Å². The van der Waals surface area contributed by atoms with Crippen LogP contribution in [0.5, 0.6) is 0 Å². The first-order valence-electron chi connectivity index (χ1n) is 9.10. The molecule has 0 radical (unpaired) electrons. The second-order valence-electron chi connectivity index (χ2n) is 7.27. The highest BCUT2D eigenvalue weighted by Crippen LogP contribution is 2.25. The van der Waals surface area contributed by atoms with Crippen molar-refractivity contribution >= 4 is 0 Å². The van der Waals surface area contributed by atoms with Crippen LogP contribution < -0.4 is 5.32 Å². The largest absolute Gasteiger partial charge is 0.300 e. The number of nitriles is 1. The van der Waals surface area contributed by atoms with Gasteiger partial charge in [-0.1, -0.05) is 19.8 Å². The summed E-state index contributed by atoms with van der Waals surface area (Å²) < 4.78 is 0. The number of nitrogens with one attached hydrogen (secondary N) is 1. The minimum atomic E-state index is -0.301. The van der Waals surface area contributed by atoms with Crippen LogP contribution in [0, 0.1) is 11.3 Å². The number of rotatable bonds is 8. The molecule has 0 spiro atoms. The third kappa shape index (κ3) is 5.60. The molecule has 2 atom stereocenters.